The molecule has 7 heteroatoms. The summed E-state index contributed by atoms with van der Waals surface area (Å²) in [6, 6.07) is 14.3. The molecule has 0 aromatic heterocycles. The molecule has 0 amide bonds. The van der Waals surface area contributed by atoms with E-state index in [2.05, 4.69) is 0 Å². The second-order valence-electron chi connectivity index (χ2n) is 4.68. The minimum atomic E-state index is -5.59. The lowest BCUT2D eigenvalue weighted by atomic mass is 10.0. The van der Waals surface area contributed by atoms with Gasteiger partial charge in [0.05, 0.1) is 0 Å². The Labute approximate surface area is 125 Å². The van der Waals surface area contributed by atoms with Crippen molar-refractivity contribution >= 4 is 9.84 Å². The predicted molar refractivity (Wildman–Crippen MR) is 75.6 cm³/mol. The highest BCUT2D eigenvalue weighted by molar-refractivity contribution is 7.92. The average Bonchev–Trinajstić information content (AvgIpc) is 2.48. The molecule has 0 unspecified atom stereocenters. The minimum absolute atomic E-state index is 0.101. The zero-order valence-electron chi connectivity index (χ0n) is 11.2. The minimum Gasteiger partial charge on any atom is -0.387 e. The van der Waals surface area contributed by atoms with Crippen LogP contribution in [0.25, 0.3) is 0 Å². The van der Waals surface area contributed by atoms with Crippen LogP contribution >= 0.6 is 0 Å². The van der Waals surface area contributed by atoms with Crippen LogP contribution < -0.4 is 0 Å². The van der Waals surface area contributed by atoms with E-state index in [0.29, 0.717) is 0 Å². The number of rotatable bonds is 4. The molecule has 0 heterocycles. The van der Waals surface area contributed by atoms with Gasteiger partial charge >= 0.3 is 5.51 Å². The topological polar surface area (TPSA) is 54.4 Å². The SMILES string of the molecule is O=S(=O)([C@H](c1ccccc1)[C@H](O)c1ccccc1)C(F)(F)F. The van der Waals surface area contributed by atoms with E-state index in [1.165, 1.54) is 48.5 Å². The molecule has 2 atom stereocenters. The van der Waals surface area contributed by atoms with Gasteiger partial charge in [-0.05, 0) is 11.1 Å². The molecule has 0 aliphatic heterocycles. The van der Waals surface area contributed by atoms with Crippen LogP contribution in [-0.2, 0) is 9.84 Å². The predicted octanol–water partition coefficient (Wildman–Crippen LogP) is 3.40. The van der Waals surface area contributed by atoms with Gasteiger partial charge in [0.25, 0.3) is 9.84 Å². The summed E-state index contributed by atoms with van der Waals surface area (Å²) in [5.74, 6) is 0. The molecular formula is C15H13F3O3S. The Morgan fingerprint density at radius 1 is 0.818 bits per heavy atom. The highest BCUT2D eigenvalue weighted by atomic mass is 32.2. The molecule has 2 rings (SSSR count). The van der Waals surface area contributed by atoms with E-state index in [9.17, 15) is 26.7 Å². The zero-order valence-corrected chi connectivity index (χ0v) is 12.1. The molecule has 2 aromatic carbocycles. The van der Waals surface area contributed by atoms with Gasteiger partial charge in [0.15, 0.2) is 0 Å². The van der Waals surface area contributed by atoms with E-state index in [4.69, 9.17) is 0 Å². The van der Waals surface area contributed by atoms with Gasteiger partial charge in [-0.1, -0.05) is 60.7 Å². The van der Waals surface area contributed by atoms with Crippen molar-refractivity contribution in [2.45, 2.75) is 16.9 Å². The molecule has 0 fully saturated rings. The van der Waals surface area contributed by atoms with E-state index < -0.39 is 26.7 Å². The van der Waals surface area contributed by atoms with E-state index in [-0.39, 0.29) is 11.1 Å². The van der Waals surface area contributed by atoms with Crippen molar-refractivity contribution in [3.63, 3.8) is 0 Å². The van der Waals surface area contributed by atoms with E-state index in [1.807, 2.05) is 0 Å². The summed E-state index contributed by atoms with van der Waals surface area (Å²) in [4.78, 5) is 0. The lowest BCUT2D eigenvalue weighted by molar-refractivity contribution is -0.0460. The lowest BCUT2D eigenvalue weighted by Crippen LogP contribution is -2.32. The van der Waals surface area contributed by atoms with E-state index >= 15 is 0 Å². The molecule has 118 valence electrons. The third kappa shape index (κ3) is 3.15. The summed E-state index contributed by atoms with van der Waals surface area (Å²) in [6.45, 7) is 0. The number of hydrogen-bond donors (Lipinski definition) is 1. The maximum Gasteiger partial charge on any atom is 0.498 e. The maximum absolute atomic E-state index is 12.9. The van der Waals surface area contributed by atoms with Gasteiger partial charge in [-0.3, -0.25) is 0 Å². The molecule has 0 aliphatic rings. The standard InChI is InChI=1S/C15H13F3O3S/c16-15(17,18)22(20,21)14(12-9-5-2-6-10-12)13(19)11-7-3-1-4-8-11/h1-10,13-14,19H/t13-,14-/m1/s1. The van der Waals surface area contributed by atoms with Crippen LogP contribution in [0.1, 0.15) is 22.5 Å². The Kier molecular flexibility index (Phi) is 4.58. The summed E-state index contributed by atoms with van der Waals surface area (Å²) in [6.07, 6.45) is -1.82. The monoisotopic (exact) mass is 330 g/mol. The molecule has 3 nitrogen and oxygen atoms in total. The Morgan fingerprint density at radius 3 is 1.64 bits per heavy atom. The Morgan fingerprint density at radius 2 is 1.23 bits per heavy atom. The molecule has 0 spiro atoms. The van der Waals surface area contributed by atoms with Crippen LogP contribution in [-0.4, -0.2) is 19.0 Å². The summed E-state index contributed by atoms with van der Waals surface area (Å²) < 4.78 is 62.6. The first-order valence-electron chi connectivity index (χ1n) is 6.33. The van der Waals surface area contributed by atoms with E-state index in [0.717, 1.165) is 0 Å². The normalized spacial score (nSPS) is 15.3. The van der Waals surface area contributed by atoms with Crippen molar-refractivity contribution in [1.29, 1.82) is 0 Å². The molecule has 1 N–H and O–H groups in total. The van der Waals surface area contributed by atoms with E-state index in [1.54, 1.807) is 12.1 Å². The van der Waals surface area contributed by atoms with Gasteiger partial charge in [-0.2, -0.15) is 13.2 Å². The fourth-order valence-corrected chi connectivity index (χ4v) is 3.44. The number of halogens is 3. The fourth-order valence-electron chi connectivity index (χ4n) is 2.14. The van der Waals surface area contributed by atoms with Crippen LogP contribution in [0.3, 0.4) is 0 Å². The number of aliphatic hydroxyl groups is 1. The molecule has 0 aliphatic carbocycles. The molecule has 0 bridgehead atoms. The third-order valence-corrected chi connectivity index (χ3v) is 5.06. The molecule has 0 saturated carbocycles. The van der Waals surface area contributed by atoms with Crippen LogP contribution in [0.2, 0.25) is 0 Å². The van der Waals surface area contributed by atoms with Gasteiger partial charge in [0, 0.05) is 0 Å². The molecule has 0 saturated heterocycles. The first-order chi connectivity index (χ1) is 10.2. The van der Waals surface area contributed by atoms with Crippen molar-refractivity contribution in [2.75, 3.05) is 0 Å². The smallest absolute Gasteiger partial charge is 0.387 e. The number of benzene rings is 2. The van der Waals surface area contributed by atoms with Crippen molar-refractivity contribution in [3.05, 3.63) is 71.8 Å². The molecular weight excluding hydrogens is 317 g/mol. The second kappa shape index (κ2) is 6.10. The molecule has 2 aromatic rings. The molecule has 0 radical (unpaired) electrons. The van der Waals surface area contributed by atoms with Gasteiger partial charge in [0.1, 0.15) is 11.4 Å². The maximum atomic E-state index is 12.9. The second-order valence-corrected chi connectivity index (χ2v) is 6.74. The van der Waals surface area contributed by atoms with Gasteiger partial charge < -0.3 is 5.11 Å². The number of alkyl halides is 3. The fraction of sp³-hybridized carbons (Fsp3) is 0.200. The average molecular weight is 330 g/mol. The number of sulfone groups is 1. The number of hydrogen-bond acceptors (Lipinski definition) is 3. The quantitative estimate of drug-likeness (QED) is 0.935. The van der Waals surface area contributed by atoms with Gasteiger partial charge in [-0.25, -0.2) is 8.42 Å². The first-order valence-corrected chi connectivity index (χ1v) is 7.88. The Balaban J connectivity index is 2.58. The highest BCUT2D eigenvalue weighted by Gasteiger charge is 2.53. The largest absolute Gasteiger partial charge is 0.498 e. The summed E-state index contributed by atoms with van der Waals surface area (Å²) >= 11 is 0. The van der Waals surface area contributed by atoms with Gasteiger partial charge in [0.2, 0.25) is 0 Å². The van der Waals surface area contributed by atoms with Crippen LogP contribution in [0.15, 0.2) is 60.7 Å². The highest BCUT2D eigenvalue weighted by Crippen LogP contribution is 2.42. The van der Waals surface area contributed by atoms with Crippen molar-refractivity contribution in [1.82, 2.24) is 0 Å². The summed E-state index contributed by atoms with van der Waals surface area (Å²) in [7, 11) is -5.59. The van der Waals surface area contributed by atoms with Crippen LogP contribution in [0, 0.1) is 0 Å². The van der Waals surface area contributed by atoms with Crippen LogP contribution in [0.4, 0.5) is 13.2 Å². The molecule has 22 heavy (non-hydrogen) atoms. The lowest BCUT2D eigenvalue weighted by Gasteiger charge is -2.24. The van der Waals surface area contributed by atoms with Gasteiger partial charge in [-0.15, -0.1) is 0 Å². The van der Waals surface area contributed by atoms with Crippen LogP contribution in [0.5, 0.6) is 0 Å². The van der Waals surface area contributed by atoms with Crippen molar-refractivity contribution in [2.24, 2.45) is 0 Å². The Bertz CT molecular complexity index is 713. The van der Waals surface area contributed by atoms with Crippen molar-refractivity contribution in [3.8, 4) is 0 Å². The summed E-state index contributed by atoms with van der Waals surface area (Å²) in [5, 5.41) is 8.14. The Hall–Kier alpha value is -1.86. The third-order valence-electron chi connectivity index (χ3n) is 3.21. The van der Waals surface area contributed by atoms with Crippen molar-refractivity contribution < 1.29 is 26.7 Å². The zero-order chi connectivity index (χ0) is 16.4. The summed E-state index contributed by atoms with van der Waals surface area (Å²) in [5.41, 5.74) is -5.47. The number of aliphatic hydroxyl groups excluding tert-OH is 1. The first kappa shape index (κ1) is 16.5.